The number of ether oxygens (including phenoxy) is 2. The first-order chi connectivity index (χ1) is 11.1. The molecule has 1 aliphatic rings. The number of hydrogen-bond acceptors (Lipinski definition) is 5. The number of carbonyl (C=O) groups excluding carboxylic acids is 1. The number of nitrogens with zero attached hydrogens (tertiary/aromatic N) is 2. The van der Waals surface area contributed by atoms with Gasteiger partial charge in [-0.2, -0.15) is 0 Å². The molecule has 1 saturated heterocycles. The van der Waals surface area contributed by atoms with Crippen LogP contribution in [0.1, 0.15) is 19.4 Å². The normalized spacial score (nSPS) is 16.1. The predicted molar refractivity (Wildman–Crippen MR) is 89.7 cm³/mol. The van der Waals surface area contributed by atoms with Crippen LogP contribution in [0.2, 0.25) is 0 Å². The molecule has 23 heavy (non-hydrogen) atoms. The minimum atomic E-state index is 0.00108. The highest BCUT2D eigenvalue weighted by Crippen LogP contribution is 2.28. The molecule has 0 radical (unpaired) electrons. The van der Waals surface area contributed by atoms with Crippen molar-refractivity contribution in [2.24, 2.45) is 0 Å². The van der Waals surface area contributed by atoms with Crippen LogP contribution in [0.25, 0.3) is 0 Å². The van der Waals surface area contributed by atoms with Gasteiger partial charge in [0.1, 0.15) is 0 Å². The van der Waals surface area contributed by atoms with Gasteiger partial charge in [-0.1, -0.05) is 6.07 Å². The van der Waals surface area contributed by atoms with Crippen molar-refractivity contribution in [2.45, 2.75) is 20.3 Å². The lowest BCUT2D eigenvalue weighted by molar-refractivity contribution is -0.126. The molecule has 128 valence electrons. The van der Waals surface area contributed by atoms with Gasteiger partial charge in [0.25, 0.3) is 0 Å². The van der Waals surface area contributed by atoms with Gasteiger partial charge in [-0.3, -0.25) is 10.2 Å². The Morgan fingerprint density at radius 3 is 2.39 bits per heavy atom. The molecule has 0 saturated carbocycles. The van der Waals surface area contributed by atoms with Crippen molar-refractivity contribution < 1.29 is 14.3 Å². The summed E-state index contributed by atoms with van der Waals surface area (Å²) < 4.78 is 11.1. The number of benzene rings is 1. The highest BCUT2D eigenvalue weighted by Gasteiger charge is 2.16. The first kappa shape index (κ1) is 17.6. The van der Waals surface area contributed by atoms with E-state index in [0.29, 0.717) is 25.4 Å². The van der Waals surface area contributed by atoms with Gasteiger partial charge >= 0.3 is 0 Å². The van der Waals surface area contributed by atoms with E-state index >= 15 is 0 Å². The average Bonchev–Trinajstić information content (AvgIpc) is 2.52. The molecule has 1 heterocycles. The maximum Gasteiger partial charge on any atom is 0.238 e. The summed E-state index contributed by atoms with van der Waals surface area (Å²) in [5.74, 6) is 1.41. The van der Waals surface area contributed by atoms with Crippen molar-refractivity contribution in [1.29, 1.82) is 0 Å². The van der Waals surface area contributed by atoms with Gasteiger partial charge in [0, 0.05) is 26.2 Å². The summed E-state index contributed by atoms with van der Waals surface area (Å²) in [6.07, 6.45) is 0.332. The molecule has 0 aromatic heterocycles. The Bertz CT molecular complexity index is 514. The summed E-state index contributed by atoms with van der Waals surface area (Å²) in [6.45, 7) is 8.68. The number of hydrogen-bond donors (Lipinski definition) is 1. The molecule has 1 fully saturated rings. The molecule has 0 unspecified atom stereocenters. The van der Waals surface area contributed by atoms with Crippen LogP contribution in [0.15, 0.2) is 18.2 Å². The van der Waals surface area contributed by atoms with E-state index < -0.39 is 0 Å². The van der Waals surface area contributed by atoms with Gasteiger partial charge in [-0.25, -0.2) is 5.01 Å². The monoisotopic (exact) mass is 321 g/mol. The molecule has 1 amide bonds. The van der Waals surface area contributed by atoms with E-state index in [1.54, 1.807) is 0 Å². The average molecular weight is 321 g/mol. The zero-order valence-corrected chi connectivity index (χ0v) is 14.3. The zero-order valence-electron chi connectivity index (χ0n) is 14.3. The van der Waals surface area contributed by atoms with E-state index in [0.717, 1.165) is 37.5 Å². The van der Waals surface area contributed by atoms with Crippen LogP contribution in [0, 0.1) is 0 Å². The Balaban J connectivity index is 1.93. The summed E-state index contributed by atoms with van der Waals surface area (Å²) in [5, 5.41) is 1.99. The molecule has 0 atom stereocenters. The number of rotatable bonds is 7. The Morgan fingerprint density at radius 1 is 1.09 bits per heavy atom. The van der Waals surface area contributed by atoms with Crippen molar-refractivity contribution in [3.63, 3.8) is 0 Å². The van der Waals surface area contributed by atoms with Crippen LogP contribution in [-0.2, 0) is 11.2 Å². The van der Waals surface area contributed by atoms with Crippen LogP contribution in [0.4, 0.5) is 0 Å². The van der Waals surface area contributed by atoms with Gasteiger partial charge in [0.15, 0.2) is 11.5 Å². The molecule has 2 rings (SSSR count). The molecule has 6 heteroatoms. The highest BCUT2D eigenvalue weighted by molar-refractivity contribution is 5.78. The molecule has 1 aliphatic heterocycles. The largest absolute Gasteiger partial charge is 0.490 e. The molecular weight excluding hydrogens is 294 g/mol. The molecule has 0 aliphatic carbocycles. The summed E-state index contributed by atoms with van der Waals surface area (Å²) in [7, 11) is 2.09. The fourth-order valence-electron chi connectivity index (χ4n) is 2.53. The SMILES string of the molecule is CCOc1ccc(CC(=O)NN2CCN(C)CC2)cc1OCC. The lowest BCUT2D eigenvalue weighted by Crippen LogP contribution is -2.52. The quantitative estimate of drug-likeness (QED) is 0.820. The first-order valence-corrected chi connectivity index (χ1v) is 8.23. The van der Waals surface area contributed by atoms with Crippen molar-refractivity contribution in [1.82, 2.24) is 15.3 Å². The van der Waals surface area contributed by atoms with Gasteiger partial charge < -0.3 is 14.4 Å². The smallest absolute Gasteiger partial charge is 0.238 e. The minimum absolute atomic E-state index is 0.00108. The lowest BCUT2D eigenvalue weighted by atomic mass is 10.1. The second kappa shape index (κ2) is 8.74. The van der Waals surface area contributed by atoms with Gasteiger partial charge in [0.05, 0.1) is 19.6 Å². The minimum Gasteiger partial charge on any atom is -0.490 e. The highest BCUT2D eigenvalue weighted by atomic mass is 16.5. The lowest BCUT2D eigenvalue weighted by Gasteiger charge is -2.32. The van der Waals surface area contributed by atoms with Crippen LogP contribution in [0.5, 0.6) is 11.5 Å². The Kier molecular flexibility index (Phi) is 6.67. The van der Waals surface area contributed by atoms with Gasteiger partial charge in [-0.15, -0.1) is 0 Å². The van der Waals surface area contributed by atoms with E-state index in [2.05, 4.69) is 17.4 Å². The number of piperazine rings is 1. The second-order valence-electron chi connectivity index (χ2n) is 5.65. The fraction of sp³-hybridized carbons (Fsp3) is 0.588. The topological polar surface area (TPSA) is 54.0 Å². The van der Waals surface area contributed by atoms with Gasteiger partial charge in [0.2, 0.25) is 5.91 Å². The Labute approximate surface area is 138 Å². The van der Waals surface area contributed by atoms with Crippen molar-refractivity contribution in [3.8, 4) is 11.5 Å². The predicted octanol–water partition coefficient (Wildman–Crippen LogP) is 1.31. The maximum absolute atomic E-state index is 12.2. The summed E-state index contributed by atoms with van der Waals surface area (Å²) in [6, 6.07) is 5.67. The molecule has 1 N–H and O–H groups in total. The third-order valence-corrected chi connectivity index (χ3v) is 3.76. The van der Waals surface area contributed by atoms with E-state index in [4.69, 9.17) is 9.47 Å². The summed E-state index contributed by atoms with van der Waals surface area (Å²) >= 11 is 0. The third-order valence-electron chi connectivity index (χ3n) is 3.76. The standard InChI is InChI=1S/C17H27N3O3/c1-4-22-15-7-6-14(12-16(15)23-5-2)13-17(21)18-20-10-8-19(3)9-11-20/h6-7,12H,4-5,8-11,13H2,1-3H3,(H,18,21). The Morgan fingerprint density at radius 2 is 1.74 bits per heavy atom. The number of nitrogens with one attached hydrogen (secondary N) is 1. The number of carbonyl (C=O) groups is 1. The number of likely N-dealkylation sites (N-methyl/N-ethyl adjacent to an activating group) is 1. The number of hydrazine groups is 1. The third kappa shape index (κ3) is 5.41. The molecule has 0 bridgehead atoms. The molecule has 1 aromatic rings. The van der Waals surface area contributed by atoms with E-state index in [1.807, 2.05) is 37.1 Å². The van der Waals surface area contributed by atoms with Crippen LogP contribution in [0.3, 0.4) is 0 Å². The van der Waals surface area contributed by atoms with Gasteiger partial charge in [-0.05, 0) is 38.6 Å². The first-order valence-electron chi connectivity index (χ1n) is 8.23. The summed E-state index contributed by atoms with van der Waals surface area (Å²) in [5.41, 5.74) is 3.89. The van der Waals surface area contributed by atoms with Crippen molar-refractivity contribution >= 4 is 5.91 Å². The fourth-order valence-corrected chi connectivity index (χ4v) is 2.53. The van der Waals surface area contributed by atoms with E-state index in [9.17, 15) is 4.79 Å². The van der Waals surface area contributed by atoms with E-state index in [-0.39, 0.29) is 5.91 Å². The molecular formula is C17H27N3O3. The van der Waals surface area contributed by atoms with Crippen LogP contribution < -0.4 is 14.9 Å². The number of amides is 1. The van der Waals surface area contributed by atoms with E-state index in [1.165, 1.54) is 0 Å². The molecule has 6 nitrogen and oxygen atoms in total. The molecule has 0 spiro atoms. The maximum atomic E-state index is 12.2. The van der Waals surface area contributed by atoms with Crippen LogP contribution in [-0.4, -0.2) is 62.3 Å². The second-order valence-corrected chi connectivity index (χ2v) is 5.65. The Hall–Kier alpha value is -1.79. The summed E-state index contributed by atoms with van der Waals surface area (Å²) in [4.78, 5) is 14.5. The van der Waals surface area contributed by atoms with Crippen molar-refractivity contribution in [2.75, 3.05) is 46.4 Å². The molecule has 1 aromatic carbocycles. The van der Waals surface area contributed by atoms with Crippen LogP contribution >= 0.6 is 0 Å². The van der Waals surface area contributed by atoms with Crippen molar-refractivity contribution in [3.05, 3.63) is 23.8 Å². The zero-order chi connectivity index (χ0) is 16.7.